The molecule has 2 N–H and O–H groups in total. The molecular formula is C19H30O3. The minimum Gasteiger partial charge on any atom is -0.365 e. The quantitative estimate of drug-likeness (QED) is 0.675. The van der Waals surface area contributed by atoms with Crippen molar-refractivity contribution in [2.45, 2.75) is 77.4 Å². The smallest absolute Gasteiger partial charge is 0.166 e. The van der Waals surface area contributed by atoms with Gasteiger partial charge in [-0.05, 0) is 55.3 Å². The first kappa shape index (κ1) is 15.1. The van der Waals surface area contributed by atoms with E-state index >= 15 is 0 Å². The van der Waals surface area contributed by atoms with Crippen molar-refractivity contribution in [2.24, 2.45) is 34.5 Å². The zero-order chi connectivity index (χ0) is 15.8. The van der Waals surface area contributed by atoms with Crippen LogP contribution in [-0.4, -0.2) is 21.8 Å². The number of fused-ring (bicyclic) bond motifs is 5. The number of ketones is 1. The largest absolute Gasteiger partial charge is 0.365 e. The fraction of sp³-hybridized carbons (Fsp3) is 0.947. The predicted octanol–water partition coefficient (Wildman–Crippen LogP) is 3.28. The molecule has 0 spiro atoms. The Morgan fingerprint density at radius 2 is 1.77 bits per heavy atom. The van der Waals surface area contributed by atoms with E-state index in [1.165, 1.54) is 6.42 Å². The van der Waals surface area contributed by atoms with Gasteiger partial charge in [-0.1, -0.05) is 26.7 Å². The van der Waals surface area contributed by atoms with Gasteiger partial charge in [0.1, 0.15) is 5.78 Å². The van der Waals surface area contributed by atoms with Crippen LogP contribution < -0.4 is 0 Å². The van der Waals surface area contributed by atoms with E-state index in [-0.39, 0.29) is 16.7 Å². The lowest BCUT2D eigenvalue weighted by atomic mass is 9.44. The maximum absolute atomic E-state index is 12.4. The summed E-state index contributed by atoms with van der Waals surface area (Å²) in [7, 11) is 0. The summed E-state index contributed by atoms with van der Waals surface area (Å²) in [5, 5.41) is 21.6. The van der Waals surface area contributed by atoms with E-state index in [2.05, 4.69) is 13.8 Å². The summed E-state index contributed by atoms with van der Waals surface area (Å²) in [6.07, 6.45) is 8.70. The molecule has 4 aliphatic carbocycles. The lowest BCUT2D eigenvalue weighted by molar-refractivity contribution is -0.294. The van der Waals surface area contributed by atoms with Crippen LogP contribution in [0.25, 0.3) is 0 Å². The third-order valence-corrected chi connectivity index (χ3v) is 8.34. The highest BCUT2D eigenvalue weighted by molar-refractivity contribution is 5.87. The van der Waals surface area contributed by atoms with Gasteiger partial charge in [0.25, 0.3) is 0 Å². The van der Waals surface area contributed by atoms with Crippen molar-refractivity contribution in [3.05, 3.63) is 0 Å². The van der Waals surface area contributed by atoms with Crippen molar-refractivity contribution >= 4 is 5.78 Å². The first-order valence-electron chi connectivity index (χ1n) is 9.27. The van der Waals surface area contributed by atoms with Crippen LogP contribution in [0.3, 0.4) is 0 Å². The molecule has 4 fully saturated rings. The molecule has 4 aliphatic rings. The Morgan fingerprint density at radius 1 is 1.00 bits per heavy atom. The molecule has 0 aliphatic heterocycles. The van der Waals surface area contributed by atoms with Gasteiger partial charge in [-0.2, -0.15) is 0 Å². The first-order chi connectivity index (χ1) is 10.3. The van der Waals surface area contributed by atoms with Gasteiger partial charge >= 0.3 is 0 Å². The number of hydrogen-bond donors (Lipinski definition) is 2. The van der Waals surface area contributed by atoms with Crippen molar-refractivity contribution in [3.8, 4) is 0 Å². The zero-order valence-electron chi connectivity index (χ0n) is 14.0. The topological polar surface area (TPSA) is 57.5 Å². The maximum Gasteiger partial charge on any atom is 0.166 e. The Kier molecular flexibility index (Phi) is 3.14. The predicted molar refractivity (Wildman–Crippen MR) is 83.9 cm³/mol. The molecule has 0 amide bonds. The third kappa shape index (κ3) is 1.78. The van der Waals surface area contributed by atoms with Crippen LogP contribution in [0, 0.1) is 34.5 Å². The fourth-order valence-corrected chi connectivity index (χ4v) is 7.21. The Hall–Kier alpha value is -0.410. The number of rotatable bonds is 0. The minimum atomic E-state index is -1.53. The van der Waals surface area contributed by atoms with E-state index in [1.807, 2.05) is 0 Å². The van der Waals surface area contributed by atoms with Crippen LogP contribution in [0.5, 0.6) is 0 Å². The van der Waals surface area contributed by atoms with E-state index in [1.54, 1.807) is 0 Å². The van der Waals surface area contributed by atoms with Crippen LogP contribution in [0.4, 0.5) is 0 Å². The molecule has 0 bridgehead atoms. The highest BCUT2D eigenvalue weighted by Gasteiger charge is 2.64. The summed E-state index contributed by atoms with van der Waals surface area (Å²) in [6.45, 7) is 4.46. The molecule has 0 heterocycles. The molecule has 4 saturated carbocycles. The highest BCUT2D eigenvalue weighted by atomic mass is 16.5. The molecule has 124 valence electrons. The van der Waals surface area contributed by atoms with Crippen LogP contribution in [0.15, 0.2) is 0 Å². The van der Waals surface area contributed by atoms with Gasteiger partial charge in [0.2, 0.25) is 0 Å². The molecule has 0 saturated heterocycles. The molecular weight excluding hydrogens is 276 g/mol. The molecule has 0 aromatic heterocycles. The third-order valence-electron chi connectivity index (χ3n) is 8.34. The lowest BCUT2D eigenvalue weighted by Crippen LogP contribution is -2.62. The average Bonchev–Trinajstić information content (AvgIpc) is 2.74. The number of Topliss-reactive ketones (excluding diaryl/α,β-unsaturated/α-hetero) is 1. The van der Waals surface area contributed by atoms with Crippen molar-refractivity contribution in [1.29, 1.82) is 0 Å². The van der Waals surface area contributed by atoms with E-state index in [0.717, 1.165) is 38.5 Å². The van der Waals surface area contributed by atoms with Gasteiger partial charge in [-0.3, -0.25) is 4.79 Å². The number of hydrogen-bond acceptors (Lipinski definition) is 3. The van der Waals surface area contributed by atoms with Gasteiger partial charge in [0.05, 0.1) is 0 Å². The van der Waals surface area contributed by atoms with Gasteiger partial charge < -0.3 is 10.2 Å². The molecule has 6 atom stereocenters. The molecule has 22 heavy (non-hydrogen) atoms. The molecule has 3 nitrogen and oxygen atoms in total. The van der Waals surface area contributed by atoms with Gasteiger partial charge in [0.15, 0.2) is 5.79 Å². The van der Waals surface area contributed by atoms with Gasteiger partial charge in [0, 0.05) is 24.2 Å². The second-order valence-corrected chi connectivity index (χ2v) is 9.18. The molecule has 0 aromatic carbocycles. The number of aliphatic hydroxyl groups is 2. The second kappa shape index (κ2) is 4.57. The Balaban J connectivity index is 1.74. The molecule has 0 aromatic rings. The van der Waals surface area contributed by atoms with Crippen LogP contribution in [0.1, 0.15) is 71.6 Å². The number of carbonyl (C=O) groups is 1. The van der Waals surface area contributed by atoms with Gasteiger partial charge in [-0.15, -0.1) is 0 Å². The number of carbonyl (C=O) groups excluding carboxylic acids is 1. The Morgan fingerprint density at radius 3 is 2.55 bits per heavy atom. The zero-order valence-corrected chi connectivity index (χ0v) is 14.0. The van der Waals surface area contributed by atoms with Crippen molar-refractivity contribution in [3.63, 3.8) is 0 Å². The first-order valence-corrected chi connectivity index (χ1v) is 9.27. The average molecular weight is 306 g/mol. The molecule has 4 rings (SSSR count). The Labute approximate surface area is 133 Å². The van der Waals surface area contributed by atoms with E-state index < -0.39 is 5.79 Å². The Bertz CT molecular complexity index is 499. The van der Waals surface area contributed by atoms with Crippen molar-refractivity contribution in [2.75, 3.05) is 0 Å². The molecule has 3 heteroatoms. The summed E-state index contributed by atoms with van der Waals surface area (Å²) in [4.78, 5) is 12.4. The molecule has 0 radical (unpaired) electrons. The monoisotopic (exact) mass is 306 g/mol. The van der Waals surface area contributed by atoms with Crippen LogP contribution in [0.2, 0.25) is 0 Å². The van der Waals surface area contributed by atoms with E-state index in [4.69, 9.17) is 0 Å². The van der Waals surface area contributed by atoms with Crippen LogP contribution >= 0.6 is 0 Å². The van der Waals surface area contributed by atoms with Crippen molar-refractivity contribution in [1.82, 2.24) is 0 Å². The van der Waals surface area contributed by atoms with E-state index in [9.17, 15) is 15.0 Å². The minimum absolute atomic E-state index is 0.0245. The second-order valence-electron chi connectivity index (χ2n) is 9.18. The van der Waals surface area contributed by atoms with Crippen LogP contribution in [-0.2, 0) is 4.79 Å². The normalized spacial score (nSPS) is 53.5. The summed E-state index contributed by atoms with van der Waals surface area (Å²) in [6, 6.07) is 0. The van der Waals surface area contributed by atoms with Crippen molar-refractivity contribution < 1.29 is 15.0 Å². The summed E-state index contributed by atoms with van der Waals surface area (Å²) >= 11 is 0. The van der Waals surface area contributed by atoms with E-state index in [0.29, 0.717) is 36.4 Å². The lowest BCUT2D eigenvalue weighted by Gasteiger charge is -2.62. The fourth-order valence-electron chi connectivity index (χ4n) is 7.21. The standard InChI is InChI=1S/C19H30O3/c1-17-9-4-3-5-15(17)19(21,22)11-12-13-6-7-16(20)18(13,2)10-8-14(12)17/h12-15,21-22H,3-11H2,1-2H3/t12-,13-,14+,15?,17+,18-/m0/s1. The maximum atomic E-state index is 12.4. The summed E-state index contributed by atoms with van der Waals surface area (Å²) < 4.78 is 0. The SMILES string of the molecule is C[C@]12CCCCC1C(O)(O)C[C@@H]1[C@H]2CC[C@]2(C)C(=O)CC[C@@H]12. The summed E-state index contributed by atoms with van der Waals surface area (Å²) in [5.74, 6) is 0.191. The van der Waals surface area contributed by atoms with Gasteiger partial charge in [-0.25, -0.2) is 0 Å². The summed E-state index contributed by atoms with van der Waals surface area (Å²) in [5.41, 5.74) is -0.132. The molecule has 1 unspecified atom stereocenters. The highest BCUT2D eigenvalue weighted by Crippen LogP contribution is 2.66.